The lowest BCUT2D eigenvalue weighted by Crippen LogP contribution is -2.28. The average molecular weight is 768 g/mol. The third kappa shape index (κ3) is 4.88. The van der Waals surface area contributed by atoms with Gasteiger partial charge in [0.2, 0.25) is 0 Å². The van der Waals surface area contributed by atoms with Gasteiger partial charge in [0.05, 0.1) is 11.1 Å². The predicted octanol–water partition coefficient (Wildman–Crippen LogP) is 15.4. The van der Waals surface area contributed by atoms with Crippen LogP contribution in [-0.2, 0) is 10.8 Å². The van der Waals surface area contributed by atoms with E-state index in [1.807, 2.05) is 12.1 Å². The molecule has 0 saturated heterocycles. The summed E-state index contributed by atoms with van der Waals surface area (Å²) < 4.78 is 6.18. The number of nitrogens with zero attached hydrogens (tertiary/aromatic N) is 1. The molecular formula is C58H41NO. The van der Waals surface area contributed by atoms with Gasteiger partial charge in [-0.05, 0) is 115 Å². The Bertz CT molecular complexity index is 3240. The van der Waals surface area contributed by atoms with Crippen molar-refractivity contribution in [2.75, 3.05) is 4.90 Å². The molecule has 0 amide bonds. The van der Waals surface area contributed by atoms with Gasteiger partial charge < -0.3 is 9.32 Å². The first-order valence-corrected chi connectivity index (χ1v) is 20.9. The van der Waals surface area contributed by atoms with Crippen LogP contribution < -0.4 is 4.90 Å². The van der Waals surface area contributed by atoms with Crippen molar-refractivity contribution in [1.82, 2.24) is 0 Å². The molecule has 0 saturated carbocycles. The van der Waals surface area contributed by atoms with Crippen molar-refractivity contribution in [3.05, 3.63) is 246 Å². The minimum atomic E-state index is -0.460. The van der Waals surface area contributed by atoms with E-state index < -0.39 is 5.41 Å². The Hall–Kier alpha value is -7.42. The molecule has 10 aromatic rings. The van der Waals surface area contributed by atoms with Gasteiger partial charge in [-0.2, -0.15) is 0 Å². The monoisotopic (exact) mass is 767 g/mol. The second kappa shape index (κ2) is 13.0. The van der Waals surface area contributed by atoms with Crippen molar-refractivity contribution in [2.45, 2.75) is 24.7 Å². The maximum Gasteiger partial charge on any atom is 0.135 e. The highest BCUT2D eigenvalue weighted by Gasteiger charge is 2.46. The van der Waals surface area contributed by atoms with Gasteiger partial charge in [-0.3, -0.25) is 0 Å². The van der Waals surface area contributed by atoms with Crippen molar-refractivity contribution in [2.24, 2.45) is 0 Å². The van der Waals surface area contributed by atoms with E-state index in [0.717, 1.165) is 44.4 Å². The molecular weight excluding hydrogens is 727 g/mol. The van der Waals surface area contributed by atoms with Gasteiger partial charge >= 0.3 is 0 Å². The van der Waals surface area contributed by atoms with Crippen LogP contribution in [0, 0.1) is 0 Å². The molecule has 1 heterocycles. The fourth-order valence-electron chi connectivity index (χ4n) is 10.7. The zero-order valence-corrected chi connectivity index (χ0v) is 33.6. The quantitative estimate of drug-likeness (QED) is 0.168. The minimum Gasteiger partial charge on any atom is -0.456 e. The molecule has 0 atom stereocenters. The van der Waals surface area contributed by atoms with Crippen LogP contribution in [0.4, 0.5) is 17.1 Å². The molecule has 0 unspecified atom stereocenters. The fourth-order valence-corrected chi connectivity index (χ4v) is 10.7. The van der Waals surface area contributed by atoms with Crippen molar-refractivity contribution >= 4 is 39.0 Å². The number of hydrogen-bond acceptors (Lipinski definition) is 2. The molecule has 1 aromatic heterocycles. The molecule has 2 aliphatic rings. The Morgan fingerprint density at radius 3 is 1.70 bits per heavy atom. The molecule has 0 fully saturated rings. The maximum absolute atomic E-state index is 6.18. The van der Waals surface area contributed by atoms with Crippen LogP contribution in [0.1, 0.15) is 47.2 Å². The SMILES string of the molecule is CC1(C)c2ccccc2-c2cccc(N(c3ccc(-c4ccc5oc6ccccc6c5c4)cc3)c3ccc4c(c3)-c3ccccc3C4(c3ccccc3)c3ccccc3)c21. The smallest absolute Gasteiger partial charge is 0.135 e. The zero-order chi connectivity index (χ0) is 40.0. The second-order valence-corrected chi connectivity index (χ2v) is 16.8. The minimum absolute atomic E-state index is 0.206. The third-order valence-corrected chi connectivity index (χ3v) is 13.3. The Balaban J connectivity index is 1.07. The molecule has 284 valence electrons. The summed E-state index contributed by atoms with van der Waals surface area (Å²) in [6.07, 6.45) is 0. The topological polar surface area (TPSA) is 16.4 Å². The van der Waals surface area contributed by atoms with Gasteiger partial charge in [-0.15, -0.1) is 0 Å². The molecule has 0 bridgehead atoms. The Morgan fingerprint density at radius 2 is 0.950 bits per heavy atom. The van der Waals surface area contributed by atoms with Crippen LogP contribution in [0.25, 0.3) is 55.3 Å². The number of hydrogen-bond donors (Lipinski definition) is 0. The standard InChI is InChI=1S/C58H41NO/c1-57(2)50-24-12-9-20-44(50)47-23-15-26-53(56(47)57)59(42-31-28-38(29-32-42)39-30-35-55-49(36-39)46-22-11-14-27-54(46)60-55)43-33-34-52-48(37-43)45-21-10-13-25-51(45)58(52,40-16-5-3-6-17-40)41-18-7-4-8-19-41/h3-37H,1-2H3. The van der Waals surface area contributed by atoms with E-state index in [9.17, 15) is 0 Å². The molecule has 0 aliphatic heterocycles. The summed E-state index contributed by atoms with van der Waals surface area (Å²) in [7, 11) is 0. The highest BCUT2D eigenvalue weighted by molar-refractivity contribution is 6.06. The maximum atomic E-state index is 6.18. The summed E-state index contributed by atoms with van der Waals surface area (Å²) in [6, 6.07) is 78.1. The molecule has 0 spiro atoms. The normalized spacial score (nSPS) is 14.1. The number of rotatable bonds is 6. The van der Waals surface area contributed by atoms with E-state index in [0.29, 0.717) is 0 Å². The molecule has 12 rings (SSSR count). The number of fused-ring (bicyclic) bond motifs is 9. The van der Waals surface area contributed by atoms with E-state index in [1.165, 1.54) is 61.3 Å². The van der Waals surface area contributed by atoms with Gasteiger partial charge in [-0.25, -0.2) is 0 Å². The van der Waals surface area contributed by atoms with Crippen LogP contribution in [-0.4, -0.2) is 0 Å². The van der Waals surface area contributed by atoms with E-state index in [4.69, 9.17) is 4.42 Å². The summed E-state index contributed by atoms with van der Waals surface area (Å²) in [5, 5.41) is 2.27. The summed E-state index contributed by atoms with van der Waals surface area (Å²) in [4.78, 5) is 2.50. The Morgan fingerprint density at radius 1 is 0.383 bits per heavy atom. The molecule has 2 nitrogen and oxygen atoms in total. The van der Waals surface area contributed by atoms with Crippen LogP contribution in [0.5, 0.6) is 0 Å². The lowest BCUT2D eigenvalue weighted by atomic mass is 9.68. The Labute approximate surface area is 350 Å². The fraction of sp³-hybridized carbons (Fsp3) is 0.0690. The number of anilines is 3. The highest BCUT2D eigenvalue weighted by Crippen LogP contribution is 2.58. The summed E-state index contributed by atoms with van der Waals surface area (Å²) in [6.45, 7) is 4.76. The molecule has 2 aliphatic carbocycles. The van der Waals surface area contributed by atoms with E-state index in [2.05, 4.69) is 219 Å². The van der Waals surface area contributed by atoms with E-state index in [1.54, 1.807) is 0 Å². The highest BCUT2D eigenvalue weighted by atomic mass is 16.3. The lowest BCUT2D eigenvalue weighted by molar-refractivity contribution is 0.661. The molecule has 60 heavy (non-hydrogen) atoms. The predicted molar refractivity (Wildman–Crippen MR) is 249 cm³/mol. The van der Waals surface area contributed by atoms with Gasteiger partial charge in [-0.1, -0.05) is 178 Å². The van der Waals surface area contributed by atoms with Crippen molar-refractivity contribution < 1.29 is 4.42 Å². The van der Waals surface area contributed by atoms with E-state index >= 15 is 0 Å². The van der Waals surface area contributed by atoms with Crippen molar-refractivity contribution in [1.29, 1.82) is 0 Å². The lowest BCUT2D eigenvalue weighted by Gasteiger charge is -2.35. The van der Waals surface area contributed by atoms with Gasteiger partial charge in [0.1, 0.15) is 11.2 Å². The average Bonchev–Trinajstić information content (AvgIpc) is 3.91. The summed E-state index contributed by atoms with van der Waals surface area (Å²) in [5.74, 6) is 0. The molecule has 9 aromatic carbocycles. The van der Waals surface area contributed by atoms with Crippen molar-refractivity contribution in [3.8, 4) is 33.4 Å². The second-order valence-electron chi connectivity index (χ2n) is 16.8. The molecule has 0 N–H and O–H groups in total. The van der Waals surface area contributed by atoms with E-state index in [-0.39, 0.29) is 5.41 Å². The van der Waals surface area contributed by atoms with Crippen LogP contribution >= 0.6 is 0 Å². The summed E-state index contributed by atoms with van der Waals surface area (Å²) in [5.41, 5.74) is 19.9. The first kappa shape index (κ1) is 34.6. The Kier molecular flexibility index (Phi) is 7.52. The number of para-hydroxylation sites is 1. The molecule has 0 radical (unpaired) electrons. The van der Waals surface area contributed by atoms with Gasteiger partial charge in [0, 0.05) is 27.6 Å². The van der Waals surface area contributed by atoms with Crippen LogP contribution in [0.2, 0.25) is 0 Å². The van der Waals surface area contributed by atoms with Crippen LogP contribution in [0.3, 0.4) is 0 Å². The third-order valence-electron chi connectivity index (χ3n) is 13.3. The summed E-state index contributed by atoms with van der Waals surface area (Å²) >= 11 is 0. The van der Waals surface area contributed by atoms with Gasteiger partial charge in [0.25, 0.3) is 0 Å². The first-order valence-electron chi connectivity index (χ1n) is 20.9. The first-order chi connectivity index (χ1) is 29.5. The zero-order valence-electron chi connectivity index (χ0n) is 33.6. The number of furan rings is 1. The van der Waals surface area contributed by atoms with Crippen molar-refractivity contribution in [3.63, 3.8) is 0 Å². The number of benzene rings is 9. The largest absolute Gasteiger partial charge is 0.456 e. The van der Waals surface area contributed by atoms with Gasteiger partial charge in [0.15, 0.2) is 0 Å². The van der Waals surface area contributed by atoms with Crippen LogP contribution in [0.15, 0.2) is 217 Å². The molecule has 2 heteroatoms.